The first-order valence-electron chi connectivity index (χ1n) is 9.67. The van der Waals surface area contributed by atoms with Crippen LogP contribution in [0.15, 0.2) is 94.6 Å². The third kappa shape index (κ3) is 4.78. The summed E-state index contributed by atoms with van der Waals surface area (Å²) in [5.41, 5.74) is 4.86. The fourth-order valence-electron chi connectivity index (χ4n) is 3.05. The maximum atomic E-state index is 13.4. The molecule has 4 nitrogen and oxygen atoms in total. The van der Waals surface area contributed by atoms with Gasteiger partial charge in [-0.25, -0.2) is 9.07 Å². The van der Waals surface area contributed by atoms with E-state index in [0.717, 1.165) is 33.8 Å². The Morgan fingerprint density at radius 1 is 1.00 bits per heavy atom. The Labute approximate surface area is 178 Å². The first-order chi connectivity index (χ1) is 14.7. The maximum Gasteiger partial charge on any atom is 0.206 e. The van der Waals surface area contributed by atoms with Crippen LogP contribution in [0.3, 0.4) is 0 Å². The van der Waals surface area contributed by atoms with Crippen LogP contribution in [0.5, 0.6) is 0 Å². The van der Waals surface area contributed by atoms with Crippen LogP contribution in [-0.4, -0.2) is 21.9 Å². The van der Waals surface area contributed by atoms with Crippen molar-refractivity contribution in [3.05, 3.63) is 106 Å². The largest absolute Gasteiger partial charge is 0.265 e. The minimum atomic E-state index is -0.259. The lowest BCUT2D eigenvalue weighted by Crippen LogP contribution is -2.15. The number of thiazole rings is 1. The van der Waals surface area contributed by atoms with Crippen molar-refractivity contribution in [3.8, 4) is 11.3 Å². The van der Waals surface area contributed by atoms with Crippen molar-refractivity contribution in [2.75, 3.05) is 6.54 Å². The predicted octanol–water partition coefficient (Wildman–Crippen LogP) is 5.17. The van der Waals surface area contributed by atoms with Crippen molar-refractivity contribution < 1.29 is 4.39 Å². The number of aromatic nitrogens is 2. The molecule has 0 radical (unpaired) electrons. The Kier molecular flexibility index (Phi) is 6.25. The van der Waals surface area contributed by atoms with Crippen LogP contribution in [0.1, 0.15) is 18.1 Å². The molecule has 0 spiro atoms. The molecule has 0 aliphatic rings. The zero-order valence-corrected chi connectivity index (χ0v) is 17.4. The molecule has 2 heterocycles. The van der Waals surface area contributed by atoms with Gasteiger partial charge in [0.25, 0.3) is 0 Å². The van der Waals surface area contributed by atoms with Crippen LogP contribution < -0.4 is 4.80 Å². The summed E-state index contributed by atoms with van der Waals surface area (Å²) in [7, 11) is 0. The zero-order chi connectivity index (χ0) is 20.8. The van der Waals surface area contributed by atoms with Crippen LogP contribution in [0.4, 0.5) is 4.39 Å². The molecule has 0 amide bonds. The van der Waals surface area contributed by atoms with Gasteiger partial charge in [0.2, 0.25) is 4.80 Å². The summed E-state index contributed by atoms with van der Waals surface area (Å²) in [6.07, 6.45) is 4.36. The first kappa shape index (κ1) is 19.9. The molecule has 4 rings (SSSR count). The minimum absolute atomic E-state index is 0.259. The summed E-state index contributed by atoms with van der Waals surface area (Å²) in [6, 6.07) is 20.6. The van der Waals surface area contributed by atoms with E-state index >= 15 is 0 Å². The van der Waals surface area contributed by atoms with Gasteiger partial charge >= 0.3 is 0 Å². The van der Waals surface area contributed by atoms with Gasteiger partial charge in [-0.3, -0.25) is 9.98 Å². The number of pyridine rings is 1. The van der Waals surface area contributed by atoms with Gasteiger partial charge in [-0.15, -0.1) is 11.3 Å². The second-order valence-electron chi connectivity index (χ2n) is 6.76. The van der Waals surface area contributed by atoms with E-state index < -0.39 is 0 Å². The molecule has 0 aliphatic heterocycles. The Morgan fingerprint density at radius 3 is 2.47 bits per heavy atom. The molecule has 0 atom stereocenters. The summed E-state index contributed by atoms with van der Waals surface area (Å²) in [5.74, 6) is -0.259. The van der Waals surface area contributed by atoms with E-state index in [1.54, 1.807) is 24.5 Å². The summed E-state index contributed by atoms with van der Waals surface area (Å²) >= 11 is 1.53. The van der Waals surface area contributed by atoms with Crippen LogP contribution >= 0.6 is 11.3 Å². The molecule has 0 saturated carbocycles. The van der Waals surface area contributed by atoms with E-state index in [0.29, 0.717) is 6.54 Å². The quantitative estimate of drug-likeness (QED) is 0.400. The molecule has 2 aromatic heterocycles. The van der Waals surface area contributed by atoms with E-state index in [9.17, 15) is 4.39 Å². The Hall–Kier alpha value is -3.38. The van der Waals surface area contributed by atoms with Gasteiger partial charge in [0.15, 0.2) is 0 Å². The van der Waals surface area contributed by atoms with E-state index in [1.807, 2.05) is 47.3 Å². The van der Waals surface area contributed by atoms with Crippen LogP contribution in [0, 0.1) is 5.82 Å². The smallest absolute Gasteiger partial charge is 0.206 e. The van der Waals surface area contributed by atoms with Gasteiger partial charge in [-0.2, -0.15) is 5.10 Å². The Morgan fingerprint density at radius 2 is 1.73 bits per heavy atom. The topological polar surface area (TPSA) is 42.5 Å². The summed E-state index contributed by atoms with van der Waals surface area (Å²) in [5, 5.41) is 6.85. The molecule has 6 heteroatoms. The first-order valence-corrected chi connectivity index (χ1v) is 10.6. The standard InChI is InChI=1S/C24H21FN4S/c1-18(20-12-14-26-15-13-20)28-29-23(21-7-9-22(25)10-8-21)17-30-24(29)27-16-11-19-5-3-2-4-6-19/h2-10,12-15,17H,11,16H2,1H3. The highest BCUT2D eigenvalue weighted by molar-refractivity contribution is 7.07. The molecule has 0 bridgehead atoms. The molecule has 4 aromatic rings. The Bertz CT molecular complexity index is 1190. The molecular weight excluding hydrogens is 395 g/mol. The lowest BCUT2D eigenvalue weighted by molar-refractivity contribution is 0.628. The molecular formula is C24H21FN4S. The number of halogens is 1. The second-order valence-corrected chi connectivity index (χ2v) is 7.60. The number of benzene rings is 2. The highest BCUT2D eigenvalue weighted by atomic mass is 32.1. The average Bonchev–Trinajstić information content (AvgIpc) is 3.18. The summed E-state index contributed by atoms with van der Waals surface area (Å²) in [4.78, 5) is 9.68. The molecule has 0 fully saturated rings. The Balaban J connectivity index is 1.72. The van der Waals surface area contributed by atoms with Crippen molar-refractivity contribution in [1.29, 1.82) is 0 Å². The molecule has 0 saturated heterocycles. The third-order valence-corrected chi connectivity index (χ3v) is 5.52. The van der Waals surface area contributed by atoms with Gasteiger partial charge in [0.05, 0.1) is 11.4 Å². The molecule has 150 valence electrons. The van der Waals surface area contributed by atoms with Gasteiger partial charge in [-0.1, -0.05) is 30.3 Å². The van der Waals surface area contributed by atoms with Crippen molar-refractivity contribution >= 4 is 17.0 Å². The van der Waals surface area contributed by atoms with E-state index in [2.05, 4.69) is 17.1 Å². The molecule has 0 unspecified atom stereocenters. The number of hydrogen-bond acceptors (Lipinski definition) is 4. The molecule has 30 heavy (non-hydrogen) atoms. The van der Waals surface area contributed by atoms with Crippen LogP contribution in [0.2, 0.25) is 0 Å². The zero-order valence-electron chi connectivity index (χ0n) is 16.6. The van der Waals surface area contributed by atoms with Crippen molar-refractivity contribution in [3.63, 3.8) is 0 Å². The highest BCUT2D eigenvalue weighted by Gasteiger charge is 2.09. The summed E-state index contributed by atoms with van der Waals surface area (Å²) in [6.45, 7) is 2.62. The number of rotatable bonds is 6. The monoisotopic (exact) mass is 416 g/mol. The lowest BCUT2D eigenvalue weighted by Gasteiger charge is -2.06. The van der Waals surface area contributed by atoms with Gasteiger partial charge in [0, 0.05) is 35.4 Å². The third-order valence-electron chi connectivity index (χ3n) is 4.66. The lowest BCUT2D eigenvalue weighted by atomic mass is 10.2. The van der Waals surface area contributed by atoms with Crippen molar-refractivity contribution in [2.24, 2.45) is 10.1 Å². The fraction of sp³-hybridized carbons (Fsp3) is 0.125. The fourth-order valence-corrected chi connectivity index (χ4v) is 3.91. The van der Waals surface area contributed by atoms with Gasteiger partial charge in [0.1, 0.15) is 5.82 Å². The average molecular weight is 417 g/mol. The number of hydrogen-bond donors (Lipinski definition) is 0. The highest BCUT2D eigenvalue weighted by Crippen LogP contribution is 2.21. The van der Waals surface area contributed by atoms with E-state index in [-0.39, 0.29) is 5.82 Å². The summed E-state index contributed by atoms with van der Waals surface area (Å²) < 4.78 is 15.3. The molecule has 0 N–H and O–H groups in total. The molecule has 0 aliphatic carbocycles. The minimum Gasteiger partial charge on any atom is -0.265 e. The van der Waals surface area contributed by atoms with Gasteiger partial charge in [-0.05, 0) is 55.3 Å². The predicted molar refractivity (Wildman–Crippen MR) is 120 cm³/mol. The molecule has 2 aromatic carbocycles. The van der Waals surface area contributed by atoms with E-state index in [4.69, 9.17) is 10.1 Å². The second kappa shape index (κ2) is 9.41. The van der Waals surface area contributed by atoms with Crippen LogP contribution in [-0.2, 0) is 6.42 Å². The van der Waals surface area contributed by atoms with E-state index in [1.165, 1.54) is 29.0 Å². The normalized spacial score (nSPS) is 12.3. The SMILES string of the molecule is CC(=Nn1c(-c2ccc(F)cc2)csc1=NCCc1ccccc1)c1ccncc1. The van der Waals surface area contributed by atoms with Crippen molar-refractivity contribution in [2.45, 2.75) is 13.3 Å². The van der Waals surface area contributed by atoms with Gasteiger partial charge < -0.3 is 0 Å². The maximum absolute atomic E-state index is 13.4. The van der Waals surface area contributed by atoms with Crippen LogP contribution in [0.25, 0.3) is 11.3 Å². The number of nitrogens with zero attached hydrogens (tertiary/aromatic N) is 4. The van der Waals surface area contributed by atoms with Crippen molar-refractivity contribution in [1.82, 2.24) is 9.66 Å².